The van der Waals surface area contributed by atoms with Crippen LogP contribution in [0.2, 0.25) is 0 Å². The van der Waals surface area contributed by atoms with Gasteiger partial charge in [-0.25, -0.2) is 9.37 Å². The van der Waals surface area contributed by atoms with Gasteiger partial charge in [0.2, 0.25) is 0 Å². The van der Waals surface area contributed by atoms with Crippen LogP contribution in [0.5, 0.6) is 0 Å². The van der Waals surface area contributed by atoms with E-state index >= 15 is 0 Å². The topological polar surface area (TPSA) is 33.1 Å². The van der Waals surface area contributed by atoms with Gasteiger partial charge in [0.1, 0.15) is 5.82 Å². The Bertz CT molecular complexity index is 534. The molecule has 0 radical (unpaired) electrons. The molecule has 1 heterocycles. The highest BCUT2D eigenvalue weighted by Crippen LogP contribution is 2.28. The Morgan fingerprint density at radius 2 is 2.22 bits per heavy atom. The minimum Gasteiger partial charge on any atom is -0.396 e. The molecular formula is C14H16FNOS. The van der Waals surface area contributed by atoms with Crippen LogP contribution < -0.4 is 0 Å². The fourth-order valence-corrected chi connectivity index (χ4v) is 2.80. The summed E-state index contributed by atoms with van der Waals surface area (Å²) in [5.74, 6) is -0.0960. The maximum atomic E-state index is 13.2. The van der Waals surface area contributed by atoms with Gasteiger partial charge in [0.25, 0.3) is 0 Å². The van der Waals surface area contributed by atoms with Gasteiger partial charge in [0, 0.05) is 16.9 Å². The Balaban J connectivity index is 2.31. The summed E-state index contributed by atoms with van der Waals surface area (Å²) < 4.78 is 13.2. The van der Waals surface area contributed by atoms with Crippen LogP contribution in [0, 0.1) is 12.7 Å². The van der Waals surface area contributed by atoms with Crippen molar-refractivity contribution < 1.29 is 9.50 Å². The summed E-state index contributed by atoms with van der Waals surface area (Å²) in [7, 11) is 0. The minimum atomic E-state index is -0.198. The number of halogens is 1. The second-order valence-corrected chi connectivity index (χ2v) is 5.21. The molecule has 0 aliphatic carbocycles. The largest absolute Gasteiger partial charge is 0.396 e. The van der Waals surface area contributed by atoms with E-state index in [1.807, 2.05) is 12.3 Å². The summed E-state index contributed by atoms with van der Waals surface area (Å²) in [5, 5.41) is 12.2. The molecule has 4 heteroatoms. The third-order valence-corrected chi connectivity index (χ3v) is 4.05. The normalized spacial score (nSPS) is 12.7. The average molecular weight is 265 g/mol. The van der Waals surface area contributed by atoms with E-state index < -0.39 is 0 Å². The van der Waals surface area contributed by atoms with E-state index in [0.29, 0.717) is 5.56 Å². The van der Waals surface area contributed by atoms with Gasteiger partial charge in [-0.1, -0.05) is 6.92 Å². The van der Waals surface area contributed by atoms with Crippen LogP contribution >= 0.6 is 11.3 Å². The molecular weight excluding hydrogens is 249 g/mol. The van der Waals surface area contributed by atoms with Crippen LogP contribution in [-0.2, 0) is 0 Å². The van der Waals surface area contributed by atoms with Gasteiger partial charge in [-0.3, -0.25) is 0 Å². The Hall–Kier alpha value is -1.26. The first-order valence-electron chi connectivity index (χ1n) is 5.98. The van der Waals surface area contributed by atoms with Gasteiger partial charge in [0.15, 0.2) is 0 Å². The Labute approximate surface area is 110 Å². The van der Waals surface area contributed by atoms with Crippen molar-refractivity contribution in [2.24, 2.45) is 0 Å². The van der Waals surface area contributed by atoms with Gasteiger partial charge in [-0.2, -0.15) is 0 Å². The number of nitrogens with zero attached hydrogens (tertiary/aromatic N) is 1. The molecule has 1 aromatic carbocycles. The smallest absolute Gasteiger partial charge is 0.126 e. The van der Waals surface area contributed by atoms with Gasteiger partial charge < -0.3 is 5.11 Å². The molecule has 2 nitrogen and oxygen atoms in total. The van der Waals surface area contributed by atoms with Crippen molar-refractivity contribution >= 4 is 11.3 Å². The molecule has 2 aromatic rings. The van der Waals surface area contributed by atoms with Crippen molar-refractivity contribution in [2.75, 3.05) is 6.61 Å². The van der Waals surface area contributed by atoms with Crippen LogP contribution in [0.4, 0.5) is 4.39 Å². The Morgan fingerprint density at radius 1 is 1.44 bits per heavy atom. The summed E-state index contributed by atoms with van der Waals surface area (Å²) in [6.45, 7) is 3.89. The highest BCUT2D eigenvalue weighted by Gasteiger charge is 2.13. The van der Waals surface area contributed by atoms with E-state index in [4.69, 9.17) is 0 Å². The molecule has 1 atom stereocenters. The molecule has 2 rings (SSSR count). The van der Waals surface area contributed by atoms with Crippen molar-refractivity contribution in [3.05, 3.63) is 40.0 Å². The molecule has 18 heavy (non-hydrogen) atoms. The summed E-state index contributed by atoms with van der Waals surface area (Å²) in [4.78, 5) is 4.53. The lowest BCUT2D eigenvalue weighted by Gasteiger charge is -2.06. The first kappa shape index (κ1) is 13.2. The molecule has 0 saturated carbocycles. The minimum absolute atomic E-state index is 0.102. The zero-order valence-electron chi connectivity index (χ0n) is 10.5. The first-order valence-corrected chi connectivity index (χ1v) is 6.86. The summed E-state index contributed by atoms with van der Waals surface area (Å²) in [6, 6.07) is 5.00. The summed E-state index contributed by atoms with van der Waals surface area (Å²) in [6.07, 6.45) is 0.867. The zero-order valence-corrected chi connectivity index (χ0v) is 11.3. The van der Waals surface area contributed by atoms with Crippen LogP contribution in [0.25, 0.3) is 11.3 Å². The van der Waals surface area contributed by atoms with E-state index in [2.05, 4.69) is 4.98 Å². The molecule has 0 spiro atoms. The van der Waals surface area contributed by atoms with Crippen LogP contribution in [0.1, 0.15) is 29.8 Å². The predicted octanol–water partition coefficient (Wildman–Crippen LogP) is 3.74. The van der Waals surface area contributed by atoms with Crippen molar-refractivity contribution in [2.45, 2.75) is 26.2 Å². The maximum absolute atomic E-state index is 13.2. The number of aliphatic hydroxyl groups excluding tert-OH is 1. The van der Waals surface area contributed by atoms with E-state index in [0.717, 1.165) is 22.7 Å². The number of hydrogen-bond donors (Lipinski definition) is 1. The number of hydrogen-bond acceptors (Lipinski definition) is 3. The number of thiazole rings is 1. The Morgan fingerprint density at radius 3 is 2.83 bits per heavy atom. The quantitative estimate of drug-likeness (QED) is 0.913. The van der Waals surface area contributed by atoms with Gasteiger partial charge in [-0.15, -0.1) is 11.3 Å². The fourth-order valence-electron chi connectivity index (χ4n) is 1.79. The van der Waals surface area contributed by atoms with Crippen molar-refractivity contribution in [3.8, 4) is 11.3 Å². The molecule has 0 fully saturated rings. The van der Waals surface area contributed by atoms with E-state index in [1.165, 1.54) is 6.07 Å². The molecule has 0 amide bonds. The lowest BCUT2D eigenvalue weighted by Crippen LogP contribution is -2.01. The molecule has 0 aliphatic heterocycles. The van der Waals surface area contributed by atoms with Crippen LogP contribution in [0.15, 0.2) is 23.6 Å². The molecule has 1 N–H and O–H groups in total. The van der Waals surface area contributed by atoms with E-state index in [1.54, 1.807) is 30.4 Å². The molecule has 0 bridgehead atoms. The zero-order chi connectivity index (χ0) is 13.1. The number of aryl methyl sites for hydroxylation is 1. The third-order valence-electron chi connectivity index (χ3n) is 3.04. The molecule has 96 valence electrons. The number of aromatic nitrogens is 1. The van der Waals surface area contributed by atoms with Gasteiger partial charge in [-0.05, 0) is 37.1 Å². The molecule has 1 aromatic heterocycles. The number of aliphatic hydroxyl groups is 1. The molecule has 0 aliphatic rings. The van der Waals surface area contributed by atoms with Crippen molar-refractivity contribution in [3.63, 3.8) is 0 Å². The standard InChI is InChI=1S/C14H16FNOS/c1-3-10(7-17)14-16-13(8-18-14)11-4-5-12(15)9(2)6-11/h4-6,8,10,17H,3,7H2,1-2H3. The SMILES string of the molecule is CCC(CO)c1nc(-c2ccc(F)c(C)c2)cs1. The molecule has 1 unspecified atom stereocenters. The Kier molecular flexibility index (Phi) is 4.09. The first-order chi connectivity index (χ1) is 8.65. The summed E-state index contributed by atoms with van der Waals surface area (Å²) >= 11 is 1.55. The second kappa shape index (κ2) is 5.59. The highest BCUT2D eigenvalue weighted by molar-refractivity contribution is 7.10. The lowest BCUT2D eigenvalue weighted by molar-refractivity contribution is 0.262. The fraction of sp³-hybridized carbons (Fsp3) is 0.357. The predicted molar refractivity (Wildman–Crippen MR) is 72.4 cm³/mol. The van der Waals surface area contributed by atoms with Gasteiger partial charge >= 0.3 is 0 Å². The number of benzene rings is 1. The van der Waals surface area contributed by atoms with E-state index in [9.17, 15) is 9.50 Å². The maximum Gasteiger partial charge on any atom is 0.126 e. The van der Waals surface area contributed by atoms with Gasteiger partial charge in [0.05, 0.1) is 17.3 Å². The second-order valence-electron chi connectivity index (χ2n) is 4.32. The van der Waals surface area contributed by atoms with Crippen molar-refractivity contribution in [1.82, 2.24) is 4.98 Å². The monoisotopic (exact) mass is 265 g/mol. The van der Waals surface area contributed by atoms with Crippen molar-refractivity contribution in [1.29, 1.82) is 0 Å². The molecule has 0 saturated heterocycles. The van der Waals surface area contributed by atoms with E-state index in [-0.39, 0.29) is 18.3 Å². The third kappa shape index (κ3) is 2.60. The highest BCUT2D eigenvalue weighted by atomic mass is 32.1. The lowest BCUT2D eigenvalue weighted by atomic mass is 10.1. The van der Waals surface area contributed by atoms with Crippen LogP contribution in [-0.4, -0.2) is 16.7 Å². The number of rotatable bonds is 4. The summed E-state index contributed by atoms with van der Waals surface area (Å²) in [5.41, 5.74) is 2.39. The average Bonchev–Trinajstić information content (AvgIpc) is 2.84. The van der Waals surface area contributed by atoms with Crippen LogP contribution in [0.3, 0.4) is 0 Å².